The van der Waals surface area contributed by atoms with Crippen LogP contribution in [-0.4, -0.2) is 40.5 Å². The van der Waals surface area contributed by atoms with E-state index in [-0.39, 0.29) is 29.1 Å². The monoisotopic (exact) mass is 427 g/mol. The van der Waals surface area contributed by atoms with Crippen LogP contribution in [0.25, 0.3) is 0 Å². The van der Waals surface area contributed by atoms with Gasteiger partial charge in [-0.3, -0.25) is 4.79 Å². The van der Waals surface area contributed by atoms with Gasteiger partial charge in [0.25, 0.3) is 0 Å². The molecule has 9 heteroatoms. The molecule has 1 rings (SSSR count). The van der Waals surface area contributed by atoms with Gasteiger partial charge in [-0.2, -0.15) is 4.72 Å². The summed E-state index contributed by atoms with van der Waals surface area (Å²) in [5, 5.41) is 5.63. The number of carbonyl (C=O) groups is 1. The summed E-state index contributed by atoms with van der Waals surface area (Å²) in [6.45, 7) is 4.66. The summed E-state index contributed by atoms with van der Waals surface area (Å²) in [6.07, 6.45) is 0. The van der Waals surface area contributed by atoms with Gasteiger partial charge >= 0.3 is 0 Å². The third-order valence-corrected chi connectivity index (χ3v) is 5.02. The molecule has 0 radical (unpaired) electrons. The maximum absolute atomic E-state index is 12.4. The summed E-state index contributed by atoms with van der Waals surface area (Å²) in [4.78, 5) is 12.3. The van der Waals surface area contributed by atoms with Gasteiger partial charge in [0.1, 0.15) is 6.04 Å². The van der Waals surface area contributed by atoms with Gasteiger partial charge in [-0.25, -0.2) is 8.42 Å². The molecule has 0 saturated carbocycles. The van der Waals surface area contributed by atoms with Crippen LogP contribution in [0.15, 0.2) is 33.6 Å². The molecule has 0 aliphatic heterocycles. The molecular weight excluding hydrogens is 406 g/mol. The van der Waals surface area contributed by atoms with E-state index in [4.69, 9.17) is 0 Å². The van der Waals surface area contributed by atoms with Crippen molar-refractivity contribution in [2.24, 2.45) is 5.92 Å². The maximum atomic E-state index is 12.4. The number of hydrogen-bond acceptors (Lipinski definition) is 4. The van der Waals surface area contributed by atoms with Crippen molar-refractivity contribution in [1.29, 1.82) is 0 Å². The lowest BCUT2D eigenvalue weighted by atomic mass is 10.1. The van der Waals surface area contributed by atoms with Crippen molar-refractivity contribution in [3.63, 3.8) is 0 Å². The Hall–Kier alpha value is -0.670. The van der Waals surface area contributed by atoms with Crippen LogP contribution in [0.5, 0.6) is 0 Å². The molecule has 1 aromatic carbocycles. The molecule has 3 N–H and O–H groups in total. The largest absolute Gasteiger partial charge is 0.353 e. The zero-order chi connectivity index (χ0) is 16.8. The SMILES string of the molecule is CNCCNC(=O)C(NS(=O)(=O)c1ccc(Br)cc1)C(C)C.Cl. The minimum absolute atomic E-state index is 0. The van der Waals surface area contributed by atoms with Gasteiger partial charge < -0.3 is 10.6 Å². The van der Waals surface area contributed by atoms with Crippen LogP contribution in [0, 0.1) is 5.92 Å². The molecule has 0 bridgehead atoms. The molecule has 1 unspecified atom stereocenters. The number of likely N-dealkylation sites (N-methyl/N-ethyl adjacent to an activating group) is 1. The Morgan fingerprint density at radius 3 is 2.22 bits per heavy atom. The predicted octanol–water partition coefficient (Wildman–Crippen LogP) is 1.51. The second-order valence-corrected chi connectivity index (χ2v) is 7.82. The van der Waals surface area contributed by atoms with E-state index in [9.17, 15) is 13.2 Å². The minimum Gasteiger partial charge on any atom is -0.353 e. The van der Waals surface area contributed by atoms with E-state index in [1.807, 2.05) is 0 Å². The molecule has 6 nitrogen and oxygen atoms in total. The predicted molar refractivity (Wildman–Crippen MR) is 97.3 cm³/mol. The van der Waals surface area contributed by atoms with Crippen molar-refractivity contribution < 1.29 is 13.2 Å². The second-order valence-electron chi connectivity index (χ2n) is 5.19. The van der Waals surface area contributed by atoms with Crippen LogP contribution >= 0.6 is 28.3 Å². The number of benzene rings is 1. The standard InChI is InChI=1S/C14H22BrN3O3S.ClH/c1-10(2)13(14(19)17-9-8-16-3)18-22(20,21)12-6-4-11(15)5-7-12;/h4-7,10,13,16,18H,8-9H2,1-3H3,(H,17,19);1H. The quantitative estimate of drug-likeness (QED) is 0.548. The first-order valence-corrected chi connectivity index (χ1v) is 9.25. The first-order chi connectivity index (χ1) is 10.3. The highest BCUT2D eigenvalue weighted by Crippen LogP contribution is 2.16. The molecule has 0 spiro atoms. The first kappa shape index (κ1) is 22.3. The van der Waals surface area contributed by atoms with Crippen molar-refractivity contribution >= 4 is 44.3 Å². The lowest BCUT2D eigenvalue weighted by Crippen LogP contribution is -2.50. The molecule has 0 aliphatic rings. The fourth-order valence-electron chi connectivity index (χ4n) is 1.76. The molecular formula is C14H23BrClN3O3S. The van der Waals surface area contributed by atoms with E-state index < -0.39 is 16.1 Å². The first-order valence-electron chi connectivity index (χ1n) is 6.98. The molecule has 1 amide bonds. The van der Waals surface area contributed by atoms with Crippen molar-refractivity contribution in [2.45, 2.75) is 24.8 Å². The molecule has 0 fully saturated rings. The molecule has 0 saturated heterocycles. The molecule has 1 atom stereocenters. The highest BCUT2D eigenvalue weighted by Gasteiger charge is 2.28. The summed E-state index contributed by atoms with van der Waals surface area (Å²) >= 11 is 3.26. The van der Waals surface area contributed by atoms with Crippen LogP contribution in [0.1, 0.15) is 13.8 Å². The lowest BCUT2D eigenvalue weighted by molar-refractivity contribution is -0.123. The van der Waals surface area contributed by atoms with Crippen molar-refractivity contribution in [3.05, 3.63) is 28.7 Å². The van der Waals surface area contributed by atoms with Crippen LogP contribution in [-0.2, 0) is 14.8 Å². The van der Waals surface area contributed by atoms with Crippen molar-refractivity contribution in [3.8, 4) is 0 Å². The Morgan fingerprint density at radius 2 is 1.74 bits per heavy atom. The normalized spacial score (nSPS) is 12.6. The molecule has 0 aromatic heterocycles. The van der Waals surface area contributed by atoms with Gasteiger partial charge in [-0.15, -0.1) is 12.4 Å². The summed E-state index contributed by atoms with van der Waals surface area (Å²) < 4.78 is 28.0. The number of rotatable bonds is 8. The van der Waals surface area contributed by atoms with Crippen LogP contribution < -0.4 is 15.4 Å². The number of amides is 1. The smallest absolute Gasteiger partial charge is 0.241 e. The van der Waals surface area contributed by atoms with Gasteiger partial charge in [0.2, 0.25) is 15.9 Å². The fraction of sp³-hybridized carbons (Fsp3) is 0.500. The van der Waals surface area contributed by atoms with E-state index in [0.717, 1.165) is 4.47 Å². The number of sulfonamides is 1. The summed E-state index contributed by atoms with van der Waals surface area (Å²) in [5.74, 6) is -0.495. The highest BCUT2D eigenvalue weighted by molar-refractivity contribution is 9.10. The van der Waals surface area contributed by atoms with Crippen LogP contribution in [0.4, 0.5) is 0 Å². The Bertz CT molecular complexity index is 594. The fourth-order valence-corrected chi connectivity index (χ4v) is 3.37. The average Bonchev–Trinajstić information content (AvgIpc) is 2.45. The Morgan fingerprint density at radius 1 is 1.17 bits per heavy atom. The number of hydrogen-bond donors (Lipinski definition) is 3. The number of halogens is 2. The van der Waals surface area contributed by atoms with Gasteiger partial charge in [0, 0.05) is 17.6 Å². The van der Waals surface area contributed by atoms with Crippen molar-refractivity contribution in [1.82, 2.24) is 15.4 Å². The highest BCUT2D eigenvalue weighted by atomic mass is 79.9. The number of nitrogens with one attached hydrogen (secondary N) is 3. The second kappa shape index (κ2) is 10.2. The Balaban J connectivity index is 0.00000484. The zero-order valence-electron chi connectivity index (χ0n) is 13.3. The molecule has 0 heterocycles. The van der Waals surface area contributed by atoms with Gasteiger partial charge in [-0.1, -0.05) is 29.8 Å². The van der Waals surface area contributed by atoms with E-state index >= 15 is 0 Å². The number of carbonyl (C=O) groups excluding carboxylic acids is 1. The molecule has 1 aromatic rings. The van der Waals surface area contributed by atoms with Crippen LogP contribution in [0.2, 0.25) is 0 Å². The van der Waals surface area contributed by atoms with Crippen molar-refractivity contribution in [2.75, 3.05) is 20.1 Å². The topological polar surface area (TPSA) is 87.3 Å². The van der Waals surface area contributed by atoms with E-state index in [1.165, 1.54) is 12.1 Å². The zero-order valence-corrected chi connectivity index (χ0v) is 16.5. The summed E-state index contributed by atoms with van der Waals surface area (Å²) in [6, 6.07) is 5.45. The van der Waals surface area contributed by atoms with E-state index in [0.29, 0.717) is 13.1 Å². The van der Waals surface area contributed by atoms with E-state index in [1.54, 1.807) is 33.0 Å². The summed E-state index contributed by atoms with van der Waals surface area (Å²) in [5.41, 5.74) is 0. The minimum atomic E-state index is -3.74. The van der Waals surface area contributed by atoms with Gasteiger partial charge in [0.15, 0.2) is 0 Å². The third kappa shape index (κ3) is 7.17. The molecule has 23 heavy (non-hydrogen) atoms. The summed E-state index contributed by atoms with van der Waals surface area (Å²) in [7, 11) is -1.96. The maximum Gasteiger partial charge on any atom is 0.241 e. The van der Waals surface area contributed by atoms with E-state index in [2.05, 4.69) is 31.3 Å². The van der Waals surface area contributed by atoms with Gasteiger partial charge in [0.05, 0.1) is 4.90 Å². The third-order valence-electron chi connectivity index (χ3n) is 3.03. The Labute approximate surface area is 152 Å². The van der Waals surface area contributed by atoms with Crippen LogP contribution in [0.3, 0.4) is 0 Å². The Kier molecular flexibility index (Phi) is 9.95. The average molecular weight is 429 g/mol. The van der Waals surface area contributed by atoms with Gasteiger partial charge in [-0.05, 0) is 37.2 Å². The molecule has 0 aliphatic carbocycles. The lowest BCUT2D eigenvalue weighted by Gasteiger charge is -2.21. The molecule has 132 valence electrons.